The molecule has 3 heterocycles. The second-order valence-corrected chi connectivity index (χ2v) is 5.91. The third kappa shape index (κ3) is 2.90. The first-order chi connectivity index (χ1) is 11.2. The van der Waals surface area contributed by atoms with Gasteiger partial charge in [-0.25, -0.2) is 9.97 Å². The number of halogens is 1. The lowest BCUT2D eigenvalue weighted by Gasteiger charge is -2.20. The summed E-state index contributed by atoms with van der Waals surface area (Å²) in [6, 6.07) is 2.14. The Labute approximate surface area is 139 Å². The van der Waals surface area contributed by atoms with E-state index < -0.39 is 0 Å². The summed E-state index contributed by atoms with van der Waals surface area (Å²) in [6.07, 6.45) is 3.58. The van der Waals surface area contributed by atoms with Crippen molar-refractivity contribution in [3.05, 3.63) is 27.8 Å². The number of hydrogen-bond acceptors (Lipinski definition) is 5. The number of imidazole rings is 1. The van der Waals surface area contributed by atoms with E-state index in [2.05, 4.69) is 27.9 Å². The van der Waals surface area contributed by atoms with Crippen LogP contribution in [0.25, 0.3) is 11.3 Å². The van der Waals surface area contributed by atoms with Gasteiger partial charge in [0, 0.05) is 24.0 Å². The maximum atomic E-state index is 9.51. The molecule has 0 saturated heterocycles. The van der Waals surface area contributed by atoms with Crippen LogP contribution < -0.4 is 5.73 Å². The monoisotopic (exact) mass is 331 g/mol. The number of nitrogens with zero attached hydrogens (tertiary/aromatic N) is 3. The van der Waals surface area contributed by atoms with Gasteiger partial charge < -0.3 is 15.5 Å². The molecule has 0 amide bonds. The molecule has 0 aliphatic carbocycles. The second-order valence-electron chi connectivity index (χ2n) is 5.54. The molecule has 3 rings (SSSR count). The summed E-state index contributed by atoms with van der Waals surface area (Å²) in [6.45, 7) is 3.11. The molecule has 2 aromatic heterocycles. The van der Waals surface area contributed by atoms with Crippen LogP contribution in [0.1, 0.15) is 42.4 Å². The SMILES string of the molecule is CCCCc1nc(-c2c(C#N)c(N)nc3c2COCC3)c(Cl)[nH]1. The first-order valence-corrected chi connectivity index (χ1v) is 8.07. The molecule has 6 nitrogen and oxygen atoms in total. The van der Waals surface area contributed by atoms with E-state index in [1.807, 2.05) is 0 Å². The number of nitrogens with one attached hydrogen (secondary N) is 1. The van der Waals surface area contributed by atoms with Crippen molar-refractivity contribution in [1.29, 1.82) is 5.26 Å². The molecule has 7 heteroatoms. The van der Waals surface area contributed by atoms with E-state index in [4.69, 9.17) is 22.1 Å². The van der Waals surface area contributed by atoms with Gasteiger partial charge >= 0.3 is 0 Å². The number of nitriles is 1. The van der Waals surface area contributed by atoms with Gasteiger partial charge in [-0.1, -0.05) is 24.9 Å². The standard InChI is InChI=1S/C16H18ClN5O/c1-2-3-4-12-21-14(15(17)22-12)13-9(7-18)16(19)20-11-5-6-23-8-10(11)13/h2-6,8H2,1H3,(H2,19,20)(H,21,22). The lowest BCUT2D eigenvalue weighted by molar-refractivity contribution is 0.109. The van der Waals surface area contributed by atoms with Gasteiger partial charge in [0.05, 0.1) is 18.9 Å². The number of fused-ring (bicyclic) bond motifs is 1. The number of aromatic nitrogens is 3. The van der Waals surface area contributed by atoms with Crippen LogP contribution in [0.5, 0.6) is 0 Å². The van der Waals surface area contributed by atoms with Gasteiger partial charge in [-0.3, -0.25) is 0 Å². The average molecular weight is 332 g/mol. The van der Waals surface area contributed by atoms with E-state index in [9.17, 15) is 5.26 Å². The number of hydrogen-bond donors (Lipinski definition) is 2. The first kappa shape index (κ1) is 15.8. The van der Waals surface area contributed by atoms with Crippen LogP contribution in [-0.2, 0) is 24.2 Å². The normalized spacial score (nSPS) is 13.6. The fourth-order valence-electron chi connectivity index (χ4n) is 2.80. The summed E-state index contributed by atoms with van der Waals surface area (Å²) in [5, 5.41) is 9.93. The molecule has 23 heavy (non-hydrogen) atoms. The smallest absolute Gasteiger partial charge is 0.142 e. The van der Waals surface area contributed by atoms with Crippen molar-refractivity contribution < 1.29 is 4.74 Å². The van der Waals surface area contributed by atoms with Crippen LogP contribution in [0.2, 0.25) is 5.15 Å². The third-order valence-corrected chi connectivity index (χ3v) is 4.24. The highest BCUT2D eigenvalue weighted by atomic mass is 35.5. The quantitative estimate of drug-likeness (QED) is 0.896. The summed E-state index contributed by atoms with van der Waals surface area (Å²) in [4.78, 5) is 12.0. The number of pyridine rings is 1. The second kappa shape index (κ2) is 6.57. The zero-order valence-electron chi connectivity index (χ0n) is 12.9. The van der Waals surface area contributed by atoms with Gasteiger partial charge in [0.2, 0.25) is 0 Å². The van der Waals surface area contributed by atoms with Crippen LogP contribution in [0, 0.1) is 11.3 Å². The van der Waals surface area contributed by atoms with E-state index >= 15 is 0 Å². The van der Waals surface area contributed by atoms with Gasteiger partial charge in [0.25, 0.3) is 0 Å². The van der Waals surface area contributed by atoms with Crippen molar-refractivity contribution >= 4 is 17.4 Å². The summed E-state index contributed by atoms with van der Waals surface area (Å²) < 4.78 is 5.54. The molecular formula is C16H18ClN5O. The minimum absolute atomic E-state index is 0.220. The molecule has 0 atom stereocenters. The van der Waals surface area contributed by atoms with Gasteiger partial charge in [-0.05, 0) is 6.42 Å². The predicted octanol–water partition coefficient (Wildman–Crippen LogP) is 2.99. The Bertz CT molecular complexity index is 778. The highest BCUT2D eigenvalue weighted by Gasteiger charge is 2.25. The Morgan fingerprint density at radius 1 is 1.43 bits per heavy atom. The Hall–Kier alpha value is -2.10. The Morgan fingerprint density at radius 2 is 2.26 bits per heavy atom. The third-order valence-electron chi connectivity index (χ3n) is 3.97. The van der Waals surface area contributed by atoms with Crippen LogP contribution in [0.4, 0.5) is 5.82 Å². The first-order valence-electron chi connectivity index (χ1n) is 7.69. The summed E-state index contributed by atoms with van der Waals surface area (Å²) in [7, 11) is 0. The Morgan fingerprint density at radius 3 is 3.00 bits per heavy atom. The molecule has 0 saturated carbocycles. The van der Waals surface area contributed by atoms with Crippen LogP contribution in [0.3, 0.4) is 0 Å². The van der Waals surface area contributed by atoms with Gasteiger partial charge in [0.15, 0.2) is 0 Å². The van der Waals surface area contributed by atoms with Gasteiger partial charge in [-0.2, -0.15) is 5.26 Å². The van der Waals surface area contributed by atoms with E-state index in [1.165, 1.54) is 0 Å². The highest BCUT2D eigenvalue weighted by Crippen LogP contribution is 2.36. The van der Waals surface area contributed by atoms with Crippen molar-refractivity contribution in [2.45, 2.75) is 39.2 Å². The van der Waals surface area contributed by atoms with Gasteiger partial charge in [0.1, 0.15) is 34.1 Å². The highest BCUT2D eigenvalue weighted by molar-refractivity contribution is 6.32. The van der Waals surface area contributed by atoms with Crippen molar-refractivity contribution in [3.8, 4) is 17.3 Å². The molecule has 0 spiro atoms. The molecule has 0 radical (unpaired) electrons. The van der Waals surface area contributed by atoms with Crippen LogP contribution in [-0.4, -0.2) is 21.6 Å². The largest absolute Gasteiger partial charge is 0.383 e. The van der Waals surface area contributed by atoms with Crippen molar-refractivity contribution in [1.82, 2.24) is 15.0 Å². The summed E-state index contributed by atoms with van der Waals surface area (Å²) >= 11 is 6.35. The molecule has 120 valence electrons. The van der Waals surface area contributed by atoms with Crippen molar-refractivity contribution in [3.63, 3.8) is 0 Å². The Balaban J connectivity index is 2.17. The zero-order chi connectivity index (χ0) is 16.4. The molecule has 2 aromatic rings. The molecular weight excluding hydrogens is 314 g/mol. The number of anilines is 1. The topological polar surface area (TPSA) is 101 Å². The van der Waals surface area contributed by atoms with Gasteiger partial charge in [-0.15, -0.1) is 0 Å². The maximum absolute atomic E-state index is 9.51. The number of nitrogen functional groups attached to an aromatic ring is 1. The fourth-order valence-corrected chi connectivity index (χ4v) is 3.04. The number of aromatic amines is 1. The number of rotatable bonds is 4. The number of aryl methyl sites for hydroxylation is 1. The predicted molar refractivity (Wildman–Crippen MR) is 87.9 cm³/mol. The minimum Gasteiger partial charge on any atom is -0.383 e. The number of unbranched alkanes of at least 4 members (excludes halogenated alkanes) is 1. The molecule has 3 N–H and O–H groups in total. The lowest BCUT2D eigenvalue weighted by Crippen LogP contribution is -2.16. The van der Waals surface area contributed by atoms with Crippen molar-refractivity contribution in [2.75, 3.05) is 12.3 Å². The molecule has 1 aliphatic heterocycles. The molecule has 0 bridgehead atoms. The molecule has 1 aliphatic rings. The molecule has 0 aromatic carbocycles. The fraction of sp³-hybridized carbons (Fsp3) is 0.438. The number of ether oxygens (including phenoxy) is 1. The Kier molecular flexibility index (Phi) is 4.51. The lowest BCUT2D eigenvalue weighted by atomic mass is 9.96. The zero-order valence-corrected chi connectivity index (χ0v) is 13.7. The van der Waals surface area contributed by atoms with E-state index in [-0.39, 0.29) is 5.82 Å². The van der Waals surface area contributed by atoms with E-state index in [0.29, 0.717) is 41.6 Å². The van der Waals surface area contributed by atoms with Crippen LogP contribution in [0.15, 0.2) is 0 Å². The molecule has 0 fully saturated rings. The van der Waals surface area contributed by atoms with Crippen LogP contribution >= 0.6 is 11.6 Å². The maximum Gasteiger partial charge on any atom is 0.142 e. The minimum atomic E-state index is 0.220. The van der Waals surface area contributed by atoms with E-state index in [0.717, 1.165) is 36.3 Å². The summed E-state index contributed by atoms with van der Waals surface area (Å²) in [5.74, 6) is 1.04. The number of nitrogens with two attached hydrogens (primary N) is 1. The van der Waals surface area contributed by atoms with Crippen molar-refractivity contribution in [2.24, 2.45) is 0 Å². The summed E-state index contributed by atoms with van der Waals surface area (Å²) in [5.41, 5.74) is 9.21. The number of H-pyrrole nitrogens is 1. The average Bonchev–Trinajstić information content (AvgIpc) is 2.92. The molecule has 0 unspecified atom stereocenters. The van der Waals surface area contributed by atoms with E-state index in [1.54, 1.807) is 0 Å².